The number of ether oxygens (including phenoxy) is 2. The number of aromatic nitrogens is 1. The molecule has 214 valence electrons. The quantitative estimate of drug-likeness (QED) is 0.219. The van der Waals surface area contributed by atoms with Gasteiger partial charge in [0.25, 0.3) is 5.56 Å². The molecular weight excluding hydrogens is 520 g/mol. The van der Waals surface area contributed by atoms with E-state index in [1.165, 1.54) is 0 Å². The molecule has 41 heavy (non-hydrogen) atoms. The lowest BCUT2D eigenvalue weighted by atomic mass is 9.97. The predicted molar refractivity (Wildman–Crippen MR) is 161 cm³/mol. The second kappa shape index (κ2) is 14.1. The van der Waals surface area contributed by atoms with Crippen molar-refractivity contribution in [2.75, 3.05) is 44.0 Å². The van der Waals surface area contributed by atoms with E-state index in [1.54, 1.807) is 30.3 Å². The lowest BCUT2D eigenvalue weighted by Gasteiger charge is -2.23. The van der Waals surface area contributed by atoms with Crippen LogP contribution in [0.25, 0.3) is 10.8 Å². The van der Waals surface area contributed by atoms with Crippen molar-refractivity contribution in [1.29, 1.82) is 0 Å². The molecule has 4 rings (SSSR count). The molecule has 0 spiro atoms. The highest BCUT2D eigenvalue weighted by atomic mass is 16.5. The fraction of sp³-hybridized carbons (Fsp3) is 0.281. The van der Waals surface area contributed by atoms with Crippen LogP contribution in [0.4, 0.5) is 16.2 Å². The molecule has 0 radical (unpaired) electrons. The average molecular weight is 557 g/mol. The molecule has 0 aliphatic rings. The van der Waals surface area contributed by atoms with E-state index in [1.807, 2.05) is 74.5 Å². The number of hydrogen-bond donors (Lipinski definition) is 3. The number of hydrogen-bond acceptors (Lipinski definition) is 6. The molecule has 0 aliphatic carbocycles. The first-order chi connectivity index (χ1) is 19.8. The van der Waals surface area contributed by atoms with Crippen LogP contribution >= 0.6 is 0 Å². The molecule has 3 N–H and O–H groups in total. The first-order valence-corrected chi connectivity index (χ1v) is 13.5. The summed E-state index contributed by atoms with van der Waals surface area (Å²) in [7, 11) is 1.59. The molecule has 0 saturated heterocycles. The number of carbonyl (C=O) groups is 2. The Morgan fingerprint density at radius 1 is 1.00 bits per heavy atom. The Bertz CT molecular complexity index is 1550. The van der Waals surface area contributed by atoms with Crippen molar-refractivity contribution >= 4 is 34.1 Å². The van der Waals surface area contributed by atoms with Crippen LogP contribution in [0, 0.1) is 6.92 Å². The van der Waals surface area contributed by atoms with E-state index in [0.29, 0.717) is 36.5 Å². The largest absolute Gasteiger partial charge is 0.449 e. The van der Waals surface area contributed by atoms with Gasteiger partial charge in [-0.05, 0) is 59.3 Å². The number of nitrogens with one attached hydrogen (secondary N) is 3. The molecule has 0 saturated carbocycles. The minimum absolute atomic E-state index is 0.0449. The Kier molecular flexibility index (Phi) is 10.1. The molecule has 9 heteroatoms. The second-order valence-electron chi connectivity index (χ2n) is 9.95. The van der Waals surface area contributed by atoms with Crippen LogP contribution in [0.15, 0.2) is 83.8 Å². The van der Waals surface area contributed by atoms with Crippen molar-refractivity contribution < 1.29 is 19.1 Å². The summed E-state index contributed by atoms with van der Waals surface area (Å²) in [6.07, 6.45) is 1.07. The highest BCUT2D eigenvalue weighted by molar-refractivity contribution is 5.87. The van der Waals surface area contributed by atoms with Gasteiger partial charge in [0.1, 0.15) is 0 Å². The number of amides is 2. The number of benzene rings is 3. The van der Waals surface area contributed by atoms with Gasteiger partial charge in [0, 0.05) is 49.1 Å². The van der Waals surface area contributed by atoms with Crippen LogP contribution in [-0.4, -0.2) is 55.3 Å². The highest BCUT2D eigenvalue weighted by Gasteiger charge is 2.16. The fourth-order valence-corrected chi connectivity index (χ4v) is 4.63. The number of rotatable bonds is 12. The van der Waals surface area contributed by atoms with E-state index in [-0.39, 0.29) is 30.5 Å². The molecule has 0 bridgehead atoms. The normalized spacial score (nSPS) is 11.6. The smallest absolute Gasteiger partial charge is 0.411 e. The number of pyridine rings is 1. The number of fused-ring (bicyclic) bond motifs is 1. The topological polar surface area (TPSA) is 113 Å². The van der Waals surface area contributed by atoms with Gasteiger partial charge in [-0.2, -0.15) is 0 Å². The summed E-state index contributed by atoms with van der Waals surface area (Å²) in [5.41, 5.74) is 4.22. The average Bonchev–Trinajstić information content (AvgIpc) is 2.97. The van der Waals surface area contributed by atoms with Crippen molar-refractivity contribution in [2.45, 2.75) is 26.3 Å². The Morgan fingerprint density at radius 3 is 2.63 bits per heavy atom. The Morgan fingerprint density at radius 2 is 1.83 bits per heavy atom. The summed E-state index contributed by atoms with van der Waals surface area (Å²) >= 11 is 0. The predicted octanol–water partition coefficient (Wildman–Crippen LogP) is 5.28. The van der Waals surface area contributed by atoms with Gasteiger partial charge in [-0.15, -0.1) is 0 Å². The number of anilines is 2. The Balaban J connectivity index is 1.34. The van der Waals surface area contributed by atoms with E-state index in [9.17, 15) is 14.4 Å². The van der Waals surface area contributed by atoms with Gasteiger partial charge in [0.2, 0.25) is 5.91 Å². The van der Waals surface area contributed by atoms with Crippen molar-refractivity contribution in [1.82, 2.24) is 9.88 Å². The highest BCUT2D eigenvalue weighted by Crippen LogP contribution is 2.20. The molecule has 1 heterocycles. The van der Waals surface area contributed by atoms with Gasteiger partial charge in [0.05, 0.1) is 19.8 Å². The van der Waals surface area contributed by atoms with Crippen molar-refractivity contribution in [3.63, 3.8) is 0 Å². The molecule has 0 fully saturated rings. The first kappa shape index (κ1) is 29.4. The summed E-state index contributed by atoms with van der Waals surface area (Å²) in [6, 6.07) is 22.6. The van der Waals surface area contributed by atoms with Gasteiger partial charge in [0.15, 0.2) is 0 Å². The molecule has 2 amide bonds. The van der Waals surface area contributed by atoms with Crippen molar-refractivity contribution in [3.05, 3.63) is 106 Å². The van der Waals surface area contributed by atoms with Crippen LogP contribution in [0.1, 0.15) is 29.5 Å². The molecule has 4 aromatic rings. The van der Waals surface area contributed by atoms with E-state index in [0.717, 1.165) is 22.1 Å². The minimum atomic E-state index is -0.534. The maximum Gasteiger partial charge on any atom is 0.411 e. The maximum atomic E-state index is 13.2. The van der Waals surface area contributed by atoms with Gasteiger partial charge >= 0.3 is 6.09 Å². The number of aromatic amines is 1. The third-order valence-electron chi connectivity index (χ3n) is 6.87. The standard InChI is InChI=1S/C32H36N4O5/c1-22-7-4-5-10-28(22)23(2)21-41-32(39)35-27-9-6-8-24(17-27)20-36(15-16-40-3)30(37)19-34-26-12-11-25-13-14-33-31(38)29(25)18-26/h4-14,17-18,23,34H,15-16,19-21H2,1-3H3,(H,33,38)(H,35,39). The molecule has 9 nitrogen and oxygen atoms in total. The number of carbonyl (C=O) groups excluding carboxylic acids is 2. The van der Waals surface area contributed by atoms with E-state index < -0.39 is 6.09 Å². The van der Waals surface area contributed by atoms with Crippen LogP contribution in [0.2, 0.25) is 0 Å². The molecular formula is C32H36N4O5. The monoisotopic (exact) mass is 556 g/mol. The molecule has 1 atom stereocenters. The lowest BCUT2D eigenvalue weighted by molar-refractivity contribution is -0.130. The zero-order valence-corrected chi connectivity index (χ0v) is 23.6. The number of H-pyrrole nitrogens is 1. The van der Waals surface area contributed by atoms with Gasteiger partial charge in [-0.3, -0.25) is 14.9 Å². The summed E-state index contributed by atoms with van der Waals surface area (Å²) in [6.45, 7) is 5.47. The van der Waals surface area contributed by atoms with E-state index in [2.05, 4.69) is 15.6 Å². The van der Waals surface area contributed by atoms with Crippen molar-refractivity contribution in [3.8, 4) is 0 Å². The maximum absolute atomic E-state index is 13.2. The molecule has 1 aromatic heterocycles. The van der Waals surface area contributed by atoms with Crippen LogP contribution in [0.5, 0.6) is 0 Å². The summed E-state index contributed by atoms with van der Waals surface area (Å²) in [5.74, 6) is -0.0652. The van der Waals surface area contributed by atoms with Gasteiger partial charge < -0.3 is 24.7 Å². The lowest BCUT2D eigenvalue weighted by Crippen LogP contribution is -2.37. The Labute approximate surface area is 239 Å². The summed E-state index contributed by atoms with van der Waals surface area (Å²) < 4.78 is 10.7. The molecule has 0 aliphatic heterocycles. The Hall–Kier alpha value is -4.63. The van der Waals surface area contributed by atoms with E-state index >= 15 is 0 Å². The van der Waals surface area contributed by atoms with Crippen LogP contribution in [0.3, 0.4) is 0 Å². The van der Waals surface area contributed by atoms with Gasteiger partial charge in [-0.1, -0.05) is 49.4 Å². The van der Waals surface area contributed by atoms with Gasteiger partial charge in [-0.25, -0.2) is 4.79 Å². The SMILES string of the molecule is COCCN(Cc1cccc(NC(=O)OCC(C)c2ccccc2C)c1)C(=O)CNc1ccc2cc[nH]c(=O)c2c1. The number of nitrogens with zero attached hydrogens (tertiary/aromatic N) is 1. The minimum Gasteiger partial charge on any atom is -0.449 e. The van der Waals surface area contributed by atoms with Crippen molar-refractivity contribution in [2.24, 2.45) is 0 Å². The fourth-order valence-electron chi connectivity index (χ4n) is 4.63. The molecule has 1 unspecified atom stereocenters. The van der Waals surface area contributed by atoms with E-state index in [4.69, 9.17) is 9.47 Å². The third kappa shape index (κ3) is 8.18. The summed E-state index contributed by atoms with van der Waals surface area (Å²) in [5, 5.41) is 7.28. The summed E-state index contributed by atoms with van der Waals surface area (Å²) in [4.78, 5) is 42.1. The zero-order valence-electron chi connectivity index (χ0n) is 23.6. The third-order valence-corrected chi connectivity index (χ3v) is 6.87. The first-order valence-electron chi connectivity index (χ1n) is 13.5. The van der Waals surface area contributed by atoms with Crippen LogP contribution in [-0.2, 0) is 20.8 Å². The number of methoxy groups -OCH3 is 1. The zero-order chi connectivity index (χ0) is 29.2. The second-order valence-corrected chi connectivity index (χ2v) is 9.95. The molecule has 3 aromatic carbocycles. The van der Waals surface area contributed by atoms with Crippen LogP contribution < -0.4 is 16.2 Å². The number of aryl methyl sites for hydroxylation is 1.